The van der Waals surface area contributed by atoms with Crippen LogP contribution >= 0.6 is 0 Å². The van der Waals surface area contributed by atoms with Crippen LogP contribution in [0.2, 0.25) is 0 Å². The van der Waals surface area contributed by atoms with Gasteiger partial charge in [-0.25, -0.2) is 0 Å². The van der Waals surface area contributed by atoms with Gasteiger partial charge in [-0.3, -0.25) is 9.59 Å². The minimum atomic E-state index is 0.182. The predicted octanol–water partition coefficient (Wildman–Crippen LogP) is 3.99. The molecule has 3 saturated carbocycles. The number of rotatable bonds is 3. The Morgan fingerprint density at radius 2 is 1.70 bits per heavy atom. The number of amides is 2. The molecule has 7 atom stereocenters. The van der Waals surface area contributed by atoms with Crippen molar-refractivity contribution in [2.45, 2.75) is 85.1 Å². The standard InChI is InChI=1S/C23H38N2O2/c1-5-25(6-2)21(27)18-9-8-16-15-7-10-19-23(4,14-12-20(26)24-19)17(15)11-13-22(16,18)3/h15-19H,5-14H2,1-4H3,(H,24,26)/t15?,16?,17?,18?,19?,22-,23+/m0/s1. The van der Waals surface area contributed by atoms with Crippen LogP contribution in [-0.4, -0.2) is 35.8 Å². The third-order valence-electron chi connectivity index (χ3n) is 9.47. The molecule has 4 rings (SSSR count). The molecule has 1 N–H and O–H groups in total. The fourth-order valence-corrected chi connectivity index (χ4v) is 7.86. The van der Waals surface area contributed by atoms with E-state index in [0.717, 1.165) is 44.2 Å². The normalized spacial score (nSPS) is 46.1. The van der Waals surface area contributed by atoms with Gasteiger partial charge in [-0.05, 0) is 87.4 Å². The highest BCUT2D eigenvalue weighted by Gasteiger charge is 2.61. The highest BCUT2D eigenvalue weighted by molar-refractivity contribution is 5.80. The lowest BCUT2D eigenvalue weighted by Crippen LogP contribution is -2.61. The van der Waals surface area contributed by atoms with E-state index in [9.17, 15) is 9.59 Å². The fraction of sp³-hybridized carbons (Fsp3) is 0.913. The second kappa shape index (κ2) is 6.77. The summed E-state index contributed by atoms with van der Waals surface area (Å²) in [5.41, 5.74) is 0.446. The van der Waals surface area contributed by atoms with Crippen LogP contribution in [0.15, 0.2) is 0 Å². The van der Waals surface area contributed by atoms with Crippen LogP contribution < -0.4 is 5.32 Å². The van der Waals surface area contributed by atoms with Crippen LogP contribution in [0.5, 0.6) is 0 Å². The van der Waals surface area contributed by atoms with Gasteiger partial charge in [0.2, 0.25) is 11.8 Å². The molecule has 0 bridgehead atoms. The van der Waals surface area contributed by atoms with E-state index in [1.54, 1.807) is 0 Å². The molecule has 5 unspecified atom stereocenters. The second-order valence-electron chi connectivity index (χ2n) is 10.3. The molecule has 4 aliphatic rings. The summed E-state index contributed by atoms with van der Waals surface area (Å²) in [7, 11) is 0. The summed E-state index contributed by atoms with van der Waals surface area (Å²) in [5, 5.41) is 3.32. The summed E-state index contributed by atoms with van der Waals surface area (Å²) in [5.74, 6) is 3.04. The maximum atomic E-state index is 13.2. The van der Waals surface area contributed by atoms with Crippen LogP contribution in [0.3, 0.4) is 0 Å². The third-order valence-corrected chi connectivity index (χ3v) is 9.47. The lowest BCUT2D eigenvalue weighted by molar-refractivity contribution is -0.147. The fourth-order valence-electron chi connectivity index (χ4n) is 7.86. The zero-order chi connectivity index (χ0) is 19.4. The quantitative estimate of drug-likeness (QED) is 0.812. The minimum absolute atomic E-state index is 0.182. The van der Waals surface area contributed by atoms with Crippen LogP contribution in [0.25, 0.3) is 0 Å². The zero-order valence-electron chi connectivity index (χ0n) is 17.7. The van der Waals surface area contributed by atoms with Gasteiger partial charge in [0.1, 0.15) is 0 Å². The van der Waals surface area contributed by atoms with Crippen LogP contribution in [0.4, 0.5) is 0 Å². The molecule has 0 radical (unpaired) electrons. The number of hydrogen-bond donors (Lipinski definition) is 1. The number of carbonyl (C=O) groups is 2. The zero-order valence-corrected chi connectivity index (χ0v) is 17.7. The van der Waals surface area contributed by atoms with Crippen molar-refractivity contribution >= 4 is 11.8 Å². The summed E-state index contributed by atoms with van der Waals surface area (Å²) in [6, 6.07) is 0.374. The van der Waals surface area contributed by atoms with Gasteiger partial charge in [-0.1, -0.05) is 13.8 Å². The van der Waals surface area contributed by atoms with Gasteiger partial charge in [-0.2, -0.15) is 0 Å². The molecule has 0 spiro atoms. The Balaban J connectivity index is 1.57. The van der Waals surface area contributed by atoms with Crippen molar-refractivity contribution in [3.8, 4) is 0 Å². The first-order valence-corrected chi connectivity index (χ1v) is 11.4. The molecular weight excluding hydrogens is 336 g/mol. The summed E-state index contributed by atoms with van der Waals surface area (Å²) in [4.78, 5) is 27.2. The number of fused-ring (bicyclic) bond motifs is 5. The lowest BCUT2D eigenvalue weighted by Gasteiger charge is -2.60. The lowest BCUT2D eigenvalue weighted by atomic mass is 9.47. The third kappa shape index (κ3) is 2.76. The van der Waals surface area contributed by atoms with E-state index in [2.05, 4.69) is 37.9 Å². The largest absolute Gasteiger partial charge is 0.353 e. The maximum Gasteiger partial charge on any atom is 0.226 e. The highest BCUT2D eigenvalue weighted by Crippen LogP contribution is 2.65. The predicted molar refractivity (Wildman–Crippen MR) is 107 cm³/mol. The first-order chi connectivity index (χ1) is 12.8. The Bertz CT molecular complexity index is 615. The molecular formula is C23H38N2O2. The Morgan fingerprint density at radius 3 is 2.41 bits per heavy atom. The molecule has 2 amide bonds. The van der Waals surface area contributed by atoms with Gasteiger partial charge in [0.05, 0.1) is 0 Å². The van der Waals surface area contributed by atoms with Crippen molar-refractivity contribution in [2.24, 2.45) is 34.5 Å². The average Bonchev–Trinajstić information content (AvgIpc) is 3.00. The monoisotopic (exact) mass is 374 g/mol. The van der Waals surface area contributed by atoms with E-state index in [0.29, 0.717) is 24.3 Å². The van der Waals surface area contributed by atoms with Gasteiger partial charge in [0.15, 0.2) is 0 Å². The SMILES string of the molecule is CCN(CC)C(=O)C1CCC2C3CCC4NC(=O)CC[C@]4(C)C3CC[C@]12C. The molecule has 0 aromatic rings. The molecule has 4 heteroatoms. The Hall–Kier alpha value is -1.06. The van der Waals surface area contributed by atoms with Crippen molar-refractivity contribution < 1.29 is 9.59 Å². The first kappa shape index (κ1) is 19.3. The first-order valence-electron chi connectivity index (χ1n) is 11.4. The molecule has 0 aromatic carbocycles. The Labute approximate surface area is 164 Å². The number of hydrogen-bond acceptors (Lipinski definition) is 2. The number of nitrogens with zero attached hydrogens (tertiary/aromatic N) is 1. The number of nitrogens with one attached hydrogen (secondary N) is 1. The topological polar surface area (TPSA) is 49.4 Å². The van der Waals surface area contributed by atoms with E-state index < -0.39 is 0 Å². The van der Waals surface area contributed by atoms with Crippen LogP contribution in [0.1, 0.15) is 79.1 Å². The number of piperidine rings is 1. The van der Waals surface area contributed by atoms with E-state index in [1.807, 2.05) is 0 Å². The maximum absolute atomic E-state index is 13.2. The van der Waals surface area contributed by atoms with Crippen molar-refractivity contribution in [2.75, 3.05) is 13.1 Å². The van der Waals surface area contributed by atoms with Gasteiger partial charge in [0, 0.05) is 31.5 Å². The smallest absolute Gasteiger partial charge is 0.226 e. The molecule has 4 nitrogen and oxygen atoms in total. The van der Waals surface area contributed by atoms with Crippen molar-refractivity contribution in [3.63, 3.8) is 0 Å². The Morgan fingerprint density at radius 1 is 1.00 bits per heavy atom. The molecule has 1 heterocycles. The summed E-state index contributed by atoms with van der Waals surface area (Å²) >= 11 is 0. The van der Waals surface area contributed by atoms with Gasteiger partial charge < -0.3 is 10.2 Å². The van der Waals surface area contributed by atoms with Crippen LogP contribution in [0, 0.1) is 34.5 Å². The molecule has 3 aliphatic carbocycles. The summed E-state index contributed by atoms with van der Waals surface area (Å²) in [6.45, 7) is 10.8. The van der Waals surface area contributed by atoms with Gasteiger partial charge >= 0.3 is 0 Å². The van der Waals surface area contributed by atoms with Crippen LogP contribution in [-0.2, 0) is 9.59 Å². The van der Waals surface area contributed by atoms with Gasteiger partial charge in [0.25, 0.3) is 0 Å². The summed E-state index contributed by atoms with van der Waals surface area (Å²) < 4.78 is 0. The van der Waals surface area contributed by atoms with Crippen molar-refractivity contribution in [1.82, 2.24) is 10.2 Å². The molecule has 27 heavy (non-hydrogen) atoms. The average molecular weight is 375 g/mol. The van der Waals surface area contributed by atoms with Crippen molar-refractivity contribution in [1.29, 1.82) is 0 Å². The molecule has 1 saturated heterocycles. The van der Waals surface area contributed by atoms with E-state index in [4.69, 9.17) is 0 Å². The molecule has 152 valence electrons. The van der Waals surface area contributed by atoms with E-state index in [-0.39, 0.29) is 22.7 Å². The Kier molecular flexibility index (Phi) is 4.83. The van der Waals surface area contributed by atoms with Gasteiger partial charge in [-0.15, -0.1) is 0 Å². The minimum Gasteiger partial charge on any atom is -0.353 e. The van der Waals surface area contributed by atoms with E-state index >= 15 is 0 Å². The highest BCUT2D eigenvalue weighted by atomic mass is 16.2. The second-order valence-corrected chi connectivity index (χ2v) is 10.3. The molecule has 1 aliphatic heterocycles. The van der Waals surface area contributed by atoms with Crippen molar-refractivity contribution in [3.05, 3.63) is 0 Å². The van der Waals surface area contributed by atoms with E-state index in [1.165, 1.54) is 25.7 Å². The summed E-state index contributed by atoms with van der Waals surface area (Å²) in [6.07, 6.45) is 8.84. The number of carbonyl (C=O) groups excluding carboxylic acids is 2. The molecule has 0 aromatic heterocycles. The molecule has 4 fully saturated rings.